The van der Waals surface area contributed by atoms with Crippen molar-refractivity contribution in [2.75, 3.05) is 20.2 Å². The Kier molecular flexibility index (Phi) is 8.29. The van der Waals surface area contributed by atoms with E-state index < -0.39 is 0 Å². The van der Waals surface area contributed by atoms with Crippen molar-refractivity contribution in [3.63, 3.8) is 0 Å². The van der Waals surface area contributed by atoms with Gasteiger partial charge < -0.3 is 15.4 Å². The van der Waals surface area contributed by atoms with Crippen molar-refractivity contribution in [3.8, 4) is 0 Å². The fourth-order valence-corrected chi connectivity index (χ4v) is 2.61. The number of benzene rings is 2. The van der Waals surface area contributed by atoms with Crippen LogP contribution in [0.5, 0.6) is 0 Å². The number of aliphatic imine (C=N–C) groups is 1. The highest BCUT2D eigenvalue weighted by molar-refractivity contribution is 6.30. The van der Waals surface area contributed by atoms with Gasteiger partial charge in [-0.05, 0) is 42.2 Å². The van der Waals surface area contributed by atoms with Gasteiger partial charge in [-0.1, -0.05) is 48.0 Å². The van der Waals surface area contributed by atoms with Crippen LogP contribution in [0.3, 0.4) is 0 Å². The van der Waals surface area contributed by atoms with Gasteiger partial charge >= 0.3 is 0 Å². The Bertz CT molecular complexity index is 671. The van der Waals surface area contributed by atoms with Gasteiger partial charge in [-0.3, -0.25) is 4.99 Å². The number of nitrogens with zero attached hydrogens (tertiary/aromatic N) is 1. The quantitative estimate of drug-likeness (QED) is 0.557. The van der Waals surface area contributed by atoms with E-state index in [0.717, 1.165) is 37.1 Å². The molecule has 0 aliphatic carbocycles. The summed E-state index contributed by atoms with van der Waals surface area (Å²) in [6, 6.07) is 16.3. The SMILES string of the molecule is CCOCc1ccc(CNC(=NC)NCCc2cccc(Cl)c2)cc1. The lowest BCUT2D eigenvalue weighted by atomic mass is 10.1. The molecule has 0 heterocycles. The second kappa shape index (κ2) is 10.7. The molecular formula is C20H26ClN3O. The molecule has 2 aromatic carbocycles. The minimum atomic E-state index is 0.664. The molecule has 2 N–H and O–H groups in total. The molecule has 2 aromatic rings. The zero-order chi connectivity index (χ0) is 17.9. The van der Waals surface area contributed by atoms with Crippen LogP contribution in [0.4, 0.5) is 0 Å². The Morgan fingerprint density at radius 2 is 1.80 bits per heavy atom. The lowest BCUT2D eigenvalue weighted by Gasteiger charge is -2.12. The van der Waals surface area contributed by atoms with Crippen LogP contribution in [-0.4, -0.2) is 26.2 Å². The molecule has 0 bridgehead atoms. The van der Waals surface area contributed by atoms with Crippen molar-refractivity contribution in [2.24, 2.45) is 4.99 Å². The molecule has 0 spiro atoms. The van der Waals surface area contributed by atoms with E-state index in [-0.39, 0.29) is 0 Å². The summed E-state index contributed by atoms with van der Waals surface area (Å²) >= 11 is 6.01. The van der Waals surface area contributed by atoms with Crippen LogP contribution in [0.2, 0.25) is 5.02 Å². The van der Waals surface area contributed by atoms with Gasteiger partial charge in [-0.25, -0.2) is 0 Å². The molecule has 4 nitrogen and oxygen atoms in total. The summed E-state index contributed by atoms with van der Waals surface area (Å²) in [7, 11) is 1.78. The second-order valence-corrected chi connectivity index (χ2v) is 6.12. The van der Waals surface area contributed by atoms with Crippen molar-refractivity contribution < 1.29 is 4.74 Å². The fourth-order valence-electron chi connectivity index (χ4n) is 2.40. The van der Waals surface area contributed by atoms with Gasteiger partial charge in [-0.2, -0.15) is 0 Å². The third-order valence-corrected chi connectivity index (χ3v) is 4.01. The first-order chi connectivity index (χ1) is 12.2. The van der Waals surface area contributed by atoms with Crippen LogP contribution >= 0.6 is 11.6 Å². The van der Waals surface area contributed by atoms with Crippen LogP contribution < -0.4 is 10.6 Å². The molecular weight excluding hydrogens is 334 g/mol. The standard InChI is InChI=1S/C20H26ClN3O/c1-3-25-15-18-9-7-17(8-10-18)14-24-20(22-2)23-12-11-16-5-4-6-19(21)13-16/h4-10,13H,3,11-12,14-15H2,1-2H3,(H2,22,23,24). The maximum absolute atomic E-state index is 6.01. The Balaban J connectivity index is 1.74. The van der Waals surface area contributed by atoms with Gasteiger partial charge in [-0.15, -0.1) is 0 Å². The van der Waals surface area contributed by atoms with Crippen molar-refractivity contribution in [1.29, 1.82) is 0 Å². The van der Waals surface area contributed by atoms with Crippen LogP contribution in [-0.2, 0) is 24.3 Å². The molecule has 0 aliphatic rings. The van der Waals surface area contributed by atoms with Gasteiger partial charge in [0.05, 0.1) is 6.61 Å². The molecule has 0 aliphatic heterocycles. The molecule has 25 heavy (non-hydrogen) atoms. The van der Waals surface area contributed by atoms with E-state index in [9.17, 15) is 0 Å². The van der Waals surface area contributed by atoms with Crippen molar-refractivity contribution >= 4 is 17.6 Å². The van der Waals surface area contributed by atoms with Crippen molar-refractivity contribution in [3.05, 3.63) is 70.2 Å². The second-order valence-electron chi connectivity index (χ2n) is 5.69. The van der Waals surface area contributed by atoms with E-state index in [1.807, 2.05) is 25.1 Å². The molecule has 5 heteroatoms. The number of nitrogens with one attached hydrogen (secondary N) is 2. The van der Waals surface area contributed by atoms with E-state index in [2.05, 4.69) is 46.0 Å². The molecule has 2 rings (SSSR count). The van der Waals surface area contributed by atoms with Crippen molar-refractivity contribution in [1.82, 2.24) is 10.6 Å². The number of hydrogen-bond acceptors (Lipinski definition) is 2. The summed E-state index contributed by atoms with van der Waals surface area (Å²) in [5.41, 5.74) is 3.60. The van der Waals surface area contributed by atoms with Gasteiger partial charge in [0, 0.05) is 31.8 Å². The maximum Gasteiger partial charge on any atom is 0.191 e. The number of hydrogen-bond donors (Lipinski definition) is 2. The Hall–Kier alpha value is -2.04. The molecule has 0 amide bonds. The average molecular weight is 360 g/mol. The maximum atomic E-state index is 6.01. The normalized spacial score (nSPS) is 11.4. The monoisotopic (exact) mass is 359 g/mol. The number of ether oxygens (including phenoxy) is 1. The summed E-state index contributed by atoms with van der Waals surface area (Å²) < 4.78 is 5.41. The van der Waals surface area contributed by atoms with Crippen LogP contribution in [0.15, 0.2) is 53.5 Å². The van der Waals surface area contributed by atoms with Crippen molar-refractivity contribution in [2.45, 2.75) is 26.5 Å². The Morgan fingerprint density at radius 3 is 2.48 bits per heavy atom. The molecule has 0 radical (unpaired) electrons. The van der Waals surface area contributed by atoms with Crippen LogP contribution in [0.25, 0.3) is 0 Å². The lowest BCUT2D eigenvalue weighted by Crippen LogP contribution is -2.37. The van der Waals surface area contributed by atoms with Gasteiger partial charge in [0.1, 0.15) is 0 Å². The number of guanidine groups is 1. The highest BCUT2D eigenvalue weighted by Gasteiger charge is 2.00. The van der Waals surface area contributed by atoms with E-state index in [0.29, 0.717) is 6.61 Å². The molecule has 0 aromatic heterocycles. The molecule has 0 unspecified atom stereocenters. The van der Waals surface area contributed by atoms with Gasteiger partial charge in [0.15, 0.2) is 5.96 Å². The van der Waals surface area contributed by atoms with E-state index >= 15 is 0 Å². The first kappa shape index (κ1) is 19.3. The molecule has 0 atom stereocenters. The first-order valence-electron chi connectivity index (χ1n) is 8.55. The third kappa shape index (κ3) is 7.16. The summed E-state index contributed by atoms with van der Waals surface area (Å²) in [6.07, 6.45) is 0.896. The number of rotatable bonds is 8. The summed E-state index contributed by atoms with van der Waals surface area (Å²) in [6.45, 7) is 4.93. The molecule has 0 saturated carbocycles. The van der Waals surface area contributed by atoms with Crippen LogP contribution in [0, 0.1) is 0 Å². The topological polar surface area (TPSA) is 45.6 Å². The first-order valence-corrected chi connectivity index (χ1v) is 8.93. The largest absolute Gasteiger partial charge is 0.377 e. The molecule has 0 fully saturated rings. The number of halogens is 1. The predicted molar refractivity (Wildman–Crippen MR) is 105 cm³/mol. The summed E-state index contributed by atoms with van der Waals surface area (Å²) in [5, 5.41) is 7.42. The smallest absolute Gasteiger partial charge is 0.191 e. The zero-order valence-electron chi connectivity index (χ0n) is 14.9. The minimum absolute atomic E-state index is 0.664. The Morgan fingerprint density at radius 1 is 1.04 bits per heavy atom. The zero-order valence-corrected chi connectivity index (χ0v) is 15.6. The fraction of sp³-hybridized carbons (Fsp3) is 0.350. The molecule has 134 valence electrons. The highest BCUT2D eigenvalue weighted by Crippen LogP contribution is 2.10. The lowest BCUT2D eigenvalue weighted by molar-refractivity contribution is 0.134. The van der Waals surface area contributed by atoms with E-state index in [4.69, 9.17) is 16.3 Å². The van der Waals surface area contributed by atoms with Gasteiger partial charge in [0.2, 0.25) is 0 Å². The highest BCUT2D eigenvalue weighted by atomic mass is 35.5. The van der Waals surface area contributed by atoms with Crippen LogP contribution in [0.1, 0.15) is 23.6 Å². The minimum Gasteiger partial charge on any atom is -0.377 e. The molecule has 0 saturated heterocycles. The third-order valence-electron chi connectivity index (χ3n) is 3.77. The summed E-state index contributed by atoms with van der Waals surface area (Å²) in [4.78, 5) is 4.26. The van der Waals surface area contributed by atoms with Gasteiger partial charge in [0.25, 0.3) is 0 Å². The van der Waals surface area contributed by atoms with E-state index in [1.54, 1.807) is 7.05 Å². The predicted octanol–water partition coefficient (Wildman–Crippen LogP) is 3.78. The average Bonchev–Trinajstić information content (AvgIpc) is 2.63. The van der Waals surface area contributed by atoms with E-state index in [1.165, 1.54) is 16.7 Å². The summed E-state index contributed by atoms with van der Waals surface area (Å²) in [5.74, 6) is 0.792. The Labute approximate surface area is 155 Å².